The molecule has 2 rings (SSSR count). The zero-order valence-corrected chi connectivity index (χ0v) is 17.2. The molecule has 0 aliphatic heterocycles. The number of nitrogens with zero attached hydrogens (tertiary/aromatic N) is 2. The first-order valence-electron chi connectivity index (χ1n) is 9.53. The maximum Gasteiger partial charge on any atom is 0.332 e. The van der Waals surface area contributed by atoms with Gasteiger partial charge in [-0.15, -0.1) is 0 Å². The highest BCUT2D eigenvalue weighted by Gasteiger charge is 2.25. The summed E-state index contributed by atoms with van der Waals surface area (Å²) in [6.07, 6.45) is 0.500. The number of aromatic nitrogens is 2. The summed E-state index contributed by atoms with van der Waals surface area (Å²) in [6, 6.07) is 9.10. The van der Waals surface area contributed by atoms with Crippen LogP contribution in [-0.2, 0) is 23.1 Å². The fraction of sp³-hybridized carbons (Fsp3) is 0.429. The van der Waals surface area contributed by atoms with Crippen LogP contribution in [0, 0.1) is 5.92 Å². The quantitative estimate of drug-likeness (QED) is 0.532. The monoisotopic (exact) mass is 401 g/mol. The van der Waals surface area contributed by atoms with Gasteiger partial charge in [-0.05, 0) is 17.9 Å². The molecule has 2 N–H and O–H groups in total. The number of carbonyl (C=O) groups is 2. The minimum Gasteiger partial charge on any atom is -0.457 e. The van der Waals surface area contributed by atoms with Crippen LogP contribution in [0.25, 0.3) is 0 Å². The number of ketones is 1. The lowest BCUT2D eigenvalue weighted by atomic mass is 9.97. The van der Waals surface area contributed by atoms with Crippen LogP contribution in [0.3, 0.4) is 0 Å². The number of carbonyl (C=O) groups excluding carboxylic acids is 2. The maximum atomic E-state index is 12.7. The van der Waals surface area contributed by atoms with E-state index in [-0.39, 0.29) is 23.8 Å². The molecule has 0 unspecified atom stereocenters. The molecule has 1 atom stereocenters. The van der Waals surface area contributed by atoms with E-state index in [4.69, 9.17) is 10.5 Å². The van der Waals surface area contributed by atoms with Gasteiger partial charge in [0.05, 0.1) is 5.92 Å². The van der Waals surface area contributed by atoms with Gasteiger partial charge in [-0.1, -0.05) is 51.1 Å². The summed E-state index contributed by atoms with van der Waals surface area (Å²) in [5, 5.41) is 0. The topological polar surface area (TPSA) is 113 Å². The lowest BCUT2D eigenvalue weighted by Gasteiger charge is -2.17. The Morgan fingerprint density at radius 2 is 1.76 bits per heavy atom. The van der Waals surface area contributed by atoms with Crippen molar-refractivity contribution in [1.29, 1.82) is 0 Å². The fourth-order valence-electron chi connectivity index (χ4n) is 3.12. The van der Waals surface area contributed by atoms with Gasteiger partial charge in [0, 0.05) is 13.6 Å². The number of benzene rings is 1. The smallest absolute Gasteiger partial charge is 0.332 e. The zero-order valence-electron chi connectivity index (χ0n) is 17.2. The van der Waals surface area contributed by atoms with Crippen LogP contribution < -0.4 is 17.0 Å². The molecule has 0 amide bonds. The summed E-state index contributed by atoms with van der Waals surface area (Å²) in [6.45, 7) is 5.24. The number of esters is 1. The highest BCUT2D eigenvalue weighted by molar-refractivity contribution is 6.01. The molecule has 0 bridgehead atoms. The van der Waals surface area contributed by atoms with Crippen molar-refractivity contribution in [2.75, 3.05) is 12.3 Å². The van der Waals surface area contributed by atoms with Crippen molar-refractivity contribution in [3.05, 3.63) is 62.3 Å². The van der Waals surface area contributed by atoms with Gasteiger partial charge in [0.1, 0.15) is 11.4 Å². The SMILES string of the molecule is CC[C@@H](C(=O)OCC(=O)c1c(N)n(CC(C)C)c(=O)n(C)c1=O)c1ccccc1. The van der Waals surface area contributed by atoms with Crippen LogP contribution in [0.4, 0.5) is 5.82 Å². The third kappa shape index (κ3) is 4.82. The second kappa shape index (κ2) is 9.36. The average molecular weight is 401 g/mol. The molecule has 0 spiro atoms. The lowest BCUT2D eigenvalue weighted by Crippen LogP contribution is -2.43. The Hall–Kier alpha value is -3.16. The van der Waals surface area contributed by atoms with E-state index in [1.807, 2.05) is 51.1 Å². The standard InChI is InChI=1S/C21H27N3O5/c1-5-15(14-9-7-6-8-10-14)20(27)29-12-16(25)17-18(22)24(11-13(2)3)21(28)23(4)19(17)26/h6-10,13,15H,5,11-12,22H2,1-4H3/t15-/m1/s1. The minimum atomic E-state index is -0.802. The van der Waals surface area contributed by atoms with Crippen molar-refractivity contribution >= 4 is 17.6 Å². The van der Waals surface area contributed by atoms with E-state index in [9.17, 15) is 19.2 Å². The van der Waals surface area contributed by atoms with Crippen molar-refractivity contribution in [2.24, 2.45) is 13.0 Å². The molecule has 29 heavy (non-hydrogen) atoms. The maximum absolute atomic E-state index is 12.7. The summed E-state index contributed by atoms with van der Waals surface area (Å²) in [5.74, 6) is -1.94. The van der Waals surface area contributed by atoms with E-state index < -0.39 is 35.5 Å². The highest BCUT2D eigenvalue weighted by atomic mass is 16.5. The van der Waals surface area contributed by atoms with E-state index in [1.54, 1.807) is 0 Å². The van der Waals surface area contributed by atoms with Crippen LogP contribution in [0.2, 0.25) is 0 Å². The molecule has 1 aromatic heterocycles. The van der Waals surface area contributed by atoms with Gasteiger partial charge in [0.25, 0.3) is 5.56 Å². The van der Waals surface area contributed by atoms with Crippen molar-refractivity contribution in [2.45, 2.75) is 39.7 Å². The molecule has 1 aromatic carbocycles. The number of nitrogen functional groups attached to an aromatic ring is 1. The van der Waals surface area contributed by atoms with E-state index in [2.05, 4.69) is 0 Å². The number of hydrogen-bond donors (Lipinski definition) is 1. The predicted molar refractivity (Wildman–Crippen MR) is 110 cm³/mol. The van der Waals surface area contributed by atoms with Crippen molar-refractivity contribution in [3.8, 4) is 0 Å². The normalized spacial score (nSPS) is 12.0. The van der Waals surface area contributed by atoms with Gasteiger partial charge >= 0.3 is 11.7 Å². The molecule has 0 saturated carbocycles. The molecule has 0 saturated heterocycles. The fourth-order valence-corrected chi connectivity index (χ4v) is 3.12. The summed E-state index contributed by atoms with van der Waals surface area (Å²) in [7, 11) is 1.28. The zero-order chi connectivity index (χ0) is 21.7. The van der Waals surface area contributed by atoms with E-state index >= 15 is 0 Å². The number of rotatable bonds is 8. The molecule has 0 aliphatic rings. The number of hydrogen-bond acceptors (Lipinski definition) is 6. The predicted octanol–water partition coefficient (Wildman–Crippen LogP) is 1.70. The number of ether oxygens (including phenoxy) is 1. The number of anilines is 1. The first-order valence-corrected chi connectivity index (χ1v) is 9.53. The van der Waals surface area contributed by atoms with Crippen LogP contribution in [0.1, 0.15) is 49.0 Å². The molecule has 1 heterocycles. The Balaban J connectivity index is 2.27. The third-order valence-electron chi connectivity index (χ3n) is 4.65. The average Bonchev–Trinajstić information content (AvgIpc) is 2.69. The van der Waals surface area contributed by atoms with Gasteiger partial charge in [-0.2, -0.15) is 0 Å². The number of nitrogens with two attached hydrogens (primary N) is 1. The van der Waals surface area contributed by atoms with Crippen molar-refractivity contribution in [3.63, 3.8) is 0 Å². The van der Waals surface area contributed by atoms with Crippen LogP contribution in [0.15, 0.2) is 39.9 Å². The first kappa shape index (κ1) is 22.1. The summed E-state index contributed by atoms with van der Waals surface area (Å²) in [4.78, 5) is 49.9. The molecule has 2 aromatic rings. The molecule has 8 nitrogen and oxygen atoms in total. The Labute approximate surface area is 168 Å². The van der Waals surface area contributed by atoms with E-state index in [0.717, 1.165) is 10.1 Å². The van der Waals surface area contributed by atoms with Gasteiger partial charge in [-0.25, -0.2) is 4.79 Å². The molecule has 0 radical (unpaired) electrons. The first-order chi connectivity index (χ1) is 13.7. The van der Waals surface area contributed by atoms with Gasteiger partial charge in [0.2, 0.25) is 5.78 Å². The second-order valence-electron chi connectivity index (χ2n) is 7.31. The molecular weight excluding hydrogens is 374 g/mol. The Morgan fingerprint density at radius 1 is 1.14 bits per heavy atom. The van der Waals surface area contributed by atoms with E-state index in [1.165, 1.54) is 11.6 Å². The summed E-state index contributed by atoms with van der Waals surface area (Å²) < 4.78 is 7.22. The molecule has 0 fully saturated rings. The van der Waals surface area contributed by atoms with Gasteiger partial charge in [0.15, 0.2) is 6.61 Å². The Morgan fingerprint density at radius 3 is 2.31 bits per heavy atom. The largest absolute Gasteiger partial charge is 0.457 e. The minimum absolute atomic E-state index is 0.0736. The van der Waals surface area contributed by atoms with Crippen LogP contribution in [0.5, 0.6) is 0 Å². The Kier molecular flexibility index (Phi) is 7.14. The van der Waals surface area contributed by atoms with Crippen molar-refractivity contribution < 1.29 is 14.3 Å². The van der Waals surface area contributed by atoms with Gasteiger partial charge < -0.3 is 10.5 Å². The van der Waals surface area contributed by atoms with Gasteiger partial charge in [-0.3, -0.25) is 23.5 Å². The lowest BCUT2D eigenvalue weighted by molar-refractivity contribution is -0.144. The molecule has 156 valence electrons. The molecule has 0 aliphatic carbocycles. The summed E-state index contributed by atoms with van der Waals surface area (Å²) >= 11 is 0. The second-order valence-corrected chi connectivity index (χ2v) is 7.31. The number of Topliss-reactive ketones (excluding diaryl/α,β-unsaturated/α-hetero) is 1. The van der Waals surface area contributed by atoms with Crippen LogP contribution in [-0.4, -0.2) is 27.5 Å². The van der Waals surface area contributed by atoms with E-state index in [0.29, 0.717) is 6.42 Å². The van der Waals surface area contributed by atoms with Crippen LogP contribution >= 0.6 is 0 Å². The molecule has 8 heteroatoms. The molecular formula is C21H27N3O5. The van der Waals surface area contributed by atoms with Crippen molar-refractivity contribution in [1.82, 2.24) is 9.13 Å². The third-order valence-corrected chi connectivity index (χ3v) is 4.65. The summed E-state index contributed by atoms with van der Waals surface area (Å²) in [5.41, 5.74) is 5.03. The highest BCUT2D eigenvalue weighted by Crippen LogP contribution is 2.21. The Bertz CT molecular complexity index is 1010.